The summed E-state index contributed by atoms with van der Waals surface area (Å²) in [5.41, 5.74) is 0.948. The quantitative estimate of drug-likeness (QED) is 0.740. The second-order valence-corrected chi connectivity index (χ2v) is 4.58. The lowest BCUT2D eigenvalue weighted by Crippen LogP contribution is -2.20. The number of nitrogens with one attached hydrogen (secondary N) is 1. The van der Waals surface area contributed by atoms with Crippen molar-refractivity contribution >= 4 is 5.97 Å². The van der Waals surface area contributed by atoms with E-state index in [0.29, 0.717) is 12.3 Å². The molecule has 0 aromatic heterocycles. The number of benzene rings is 1. The molecule has 5 nitrogen and oxygen atoms in total. The predicted octanol–water partition coefficient (Wildman–Crippen LogP) is 2.14. The second-order valence-electron chi connectivity index (χ2n) is 4.58. The normalized spacial score (nSPS) is 10.4. The van der Waals surface area contributed by atoms with Gasteiger partial charge >= 0.3 is 5.97 Å². The van der Waals surface area contributed by atoms with Crippen LogP contribution in [0.1, 0.15) is 26.3 Å². The fourth-order valence-electron chi connectivity index (χ4n) is 1.66. The largest absolute Gasteiger partial charge is 0.497 e. The first-order valence-electron chi connectivity index (χ1n) is 6.76. The second kappa shape index (κ2) is 8.43. The van der Waals surface area contributed by atoms with Crippen molar-refractivity contribution in [1.29, 1.82) is 0 Å². The van der Waals surface area contributed by atoms with Crippen molar-refractivity contribution in [2.45, 2.75) is 33.4 Å². The predicted molar refractivity (Wildman–Crippen MR) is 77.1 cm³/mol. The van der Waals surface area contributed by atoms with Crippen LogP contribution in [0, 0.1) is 0 Å². The maximum atomic E-state index is 11.5. The smallest absolute Gasteiger partial charge is 0.344 e. The molecule has 0 bridgehead atoms. The Hall–Kier alpha value is -1.75. The topological polar surface area (TPSA) is 56.8 Å². The number of esters is 1. The van der Waals surface area contributed by atoms with Crippen LogP contribution in [0.5, 0.6) is 11.5 Å². The first-order valence-corrected chi connectivity index (χ1v) is 6.76. The van der Waals surface area contributed by atoms with Crippen LogP contribution in [0.25, 0.3) is 0 Å². The van der Waals surface area contributed by atoms with Gasteiger partial charge in [0.05, 0.1) is 13.2 Å². The van der Waals surface area contributed by atoms with E-state index in [1.54, 1.807) is 19.2 Å². The van der Waals surface area contributed by atoms with Crippen LogP contribution >= 0.6 is 0 Å². The Kier molecular flexibility index (Phi) is 6.87. The molecule has 1 rings (SSSR count). The van der Waals surface area contributed by atoms with E-state index in [0.717, 1.165) is 17.9 Å². The van der Waals surface area contributed by atoms with Crippen LogP contribution in [0.15, 0.2) is 18.2 Å². The summed E-state index contributed by atoms with van der Waals surface area (Å²) in [4.78, 5) is 11.5. The lowest BCUT2D eigenvalue weighted by molar-refractivity contribution is -0.149. The average molecular weight is 281 g/mol. The average Bonchev–Trinajstić information content (AvgIpc) is 2.42. The molecule has 0 amide bonds. The monoisotopic (exact) mass is 281 g/mol. The van der Waals surface area contributed by atoms with Crippen molar-refractivity contribution in [1.82, 2.24) is 5.32 Å². The Balaban J connectivity index is 2.69. The molecule has 0 atom stereocenters. The third-order valence-corrected chi connectivity index (χ3v) is 2.55. The molecule has 0 aliphatic rings. The van der Waals surface area contributed by atoms with Gasteiger partial charge in [-0.25, -0.2) is 4.79 Å². The van der Waals surface area contributed by atoms with Crippen LogP contribution in [0.4, 0.5) is 0 Å². The van der Waals surface area contributed by atoms with Gasteiger partial charge < -0.3 is 19.5 Å². The minimum atomic E-state index is -0.370. The summed E-state index contributed by atoms with van der Waals surface area (Å²) in [6.45, 7) is 7.06. The first kappa shape index (κ1) is 16.3. The Morgan fingerprint density at radius 3 is 2.70 bits per heavy atom. The molecular formula is C15H23NO4. The van der Waals surface area contributed by atoms with Crippen LogP contribution in [-0.4, -0.2) is 32.3 Å². The van der Waals surface area contributed by atoms with E-state index in [-0.39, 0.29) is 18.7 Å². The summed E-state index contributed by atoms with van der Waals surface area (Å²) in [5, 5.41) is 3.22. The van der Waals surface area contributed by atoms with Gasteiger partial charge in [-0.3, -0.25) is 0 Å². The highest BCUT2D eigenvalue weighted by molar-refractivity contribution is 5.71. The Morgan fingerprint density at radius 1 is 1.35 bits per heavy atom. The fraction of sp³-hybridized carbons (Fsp3) is 0.533. The minimum absolute atomic E-state index is 0.0936. The molecule has 112 valence electrons. The van der Waals surface area contributed by atoms with Gasteiger partial charge in [0.2, 0.25) is 0 Å². The Labute approximate surface area is 120 Å². The van der Waals surface area contributed by atoms with E-state index >= 15 is 0 Å². The summed E-state index contributed by atoms with van der Waals surface area (Å²) < 4.78 is 15.8. The molecule has 0 aliphatic heterocycles. The molecular weight excluding hydrogens is 258 g/mol. The highest BCUT2D eigenvalue weighted by Gasteiger charge is 2.10. The van der Waals surface area contributed by atoms with Crippen LogP contribution in [0.3, 0.4) is 0 Å². The standard InChI is InChI=1S/C15H23NO4/c1-5-16-9-12-8-13(18-4)6-7-14(12)19-10-15(17)20-11(2)3/h6-8,11,16H,5,9-10H2,1-4H3. The molecule has 0 fully saturated rings. The number of hydrogen-bond acceptors (Lipinski definition) is 5. The highest BCUT2D eigenvalue weighted by Crippen LogP contribution is 2.24. The molecule has 0 aliphatic carbocycles. The maximum Gasteiger partial charge on any atom is 0.344 e. The highest BCUT2D eigenvalue weighted by atomic mass is 16.6. The van der Waals surface area contributed by atoms with Gasteiger partial charge in [0.1, 0.15) is 11.5 Å². The van der Waals surface area contributed by atoms with Gasteiger partial charge in [0.25, 0.3) is 0 Å². The SMILES string of the molecule is CCNCc1cc(OC)ccc1OCC(=O)OC(C)C. The molecule has 0 saturated heterocycles. The lowest BCUT2D eigenvalue weighted by Gasteiger charge is -2.14. The minimum Gasteiger partial charge on any atom is -0.497 e. The molecule has 1 aromatic carbocycles. The van der Waals surface area contributed by atoms with Crippen LogP contribution in [-0.2, 0) is 16.1 Å². The van der Waals surface area contributed by atoms with E-state index in [4.69, 9.17) is 14.2 Å². The van der Waals surface area contributed by atoms with Gasteiger partial charge in [-0.15, -0.1) is 0 Å². The lowest BCUT2D eigenvalue weighted by atomic mass is 10.2. The number of rotatable bonds is 8. The summed E-state index contributed by atoms with van der Waals surface area (Å²) in [7, 11) is 1.62. The van der Waals surface area contributed by atoms with Crippen LogP contribution in [0.2, 0.25) is 0 Å². The summed E-state index contributed by atoms with van der Waals surface area (Å²) in [5.74, 6) is 1.05. The number of carbonyl (C=O) groups is 1. The molecule has 0 spiro atoms. The number of hydrogen-bond donors (Lipinski definition) is 1. The van der Waals surface area contributed by atoms with Crippen molar-refractivity contribution in [2.24, 2.45) is 0 Å². The molecule has 20 heavy (non-hydrogen) atoms. The van der Waals surface area contributed by atoms with E-state index in [2.05, 4.69) is 5.32 Å². The van der Waals surface area contributed by atoms with Crippen molar-refractivity contribution in [3.05, 3.63) is 23.8 Å². The van der Waals surface area contributed by atoms with E-state index in [9.17, 15) is 4.79 Å². The van der Waals surface area contributed by atoms with Crippen molar-refractivity contribution in [3.63, 3.8) is 0 Å². The number of methoxy groups -OCH3 is 1. The van der Waals surface area contributed by atoms with Crippen LogP contribution < -0.4 is 14.8 Å². The van der Waals surface area contributed by atoms with E-state index in [1.807, 2.05) is 26.8 Å². The molecule has 0 unspecified atom stereocenters. The molecule has 0 radical (unpaired) electrons. The molecule has 1 aromatic rings. The number of carbonyl (C=O) groups excluding carboxylic acids is 1. The van der Waals surface area contributed by atoms with E-state index < -0.39 is 0 Å². The molecule has 5 heteroatoms. The zero-order valence-electron chi connectivity index (χ0n) is 12.6. The summed E-state index contributed by atoms with van der Waals surface area (Å²) in [6.07, 6.45) is -0.136. The molecule has 0 saturated carbocycles. The van der Waals surface area contributed by atoms with Gasteiger partial charge in [-0.05, 0) is 38.6 Å². The zero-order valence-corrected chi connectivity index (χ0v) is 12.6. The zero-order chi connectivity index (χ0) is 15.0. The van der Waals surface area contributed by atoms with Crippen molar-refractivity contribution in [2.75, 3.05) is 20.3 Å². The van der Waals surface area contributed by atoms with Gasteiger partial charge in [0.15, 0.2) is 6.61 Å². The Morgan fingerprint density at radius 2 is 2.10 bits per heavy atom. The van der Waals surface area contributed by atoms with Crippen molar-refractivity contribution in [3.8, 4) is 11.5 Å². The molecule has 1 N–H and O–H groups in total. The summed E-state index contributed by atoms with van der Waals surface area (Å²) >= 11 is 0. The van der Waals surface area contributed by atoms with Crippen molar-refractivity contribution < 1.29 is 19.0 Å². The first-order chi connectivity index (χ1) is 9.56. The number of ether oxygens (including phenoxy) is 3. The van der Waals surface area contributed by atoms with Gasteiger partial charge in [-0.2, -0.15) is 0 Å². The third kappa shape index (κ3) is 5.48. The Bertz CT molecular complexity index is 432. The van der Waals surface area contributed by atoms with Gasteiger partial charge in [-0.1, -0.05) is 6.92 Å². The van der Waals surface area contributed by atoms with Gasteiger partial charge in [0, 0.05) is 12.1 Å². The summed E-state index contributed by atoms with van der Waals surface area (Å²) in [6, 6.07) is 5.50. The third-order valence-electron chi connectivity index (χ3n) is 2.55. The maximum absolute atomic E-state index is 11.5. The molecule has 0 heterocycles. The van der Waals surface area contributed by atoms with E-state index in [1.165, 1.54) is 0 Å². The fourth-order valence-corrected chi connectivity index (χ4v) is 1.66.